The summed E-state index contributed by atoms with van der Waals surface area (Å²) in [5.41, 5.74) is 3.44. The third kappa shape index (κ3) is 3.48. The molecule has 1 aliphatic carbocycles. The number of nitrogens with zero attached hydrogens (tertiary/aromatic N) is 6. The molecule has 2 aromatic heterocycles. The number of likely N-dealkylation sites (tertiary alicyclic amines) is 1. The number of nitriles is 1. The molecule has 0 radical (unpaired) electrons. The van der Waals surface area contributed by atoms with Crippen molar-refractivity contribution in [3.63, 3.8) is 0 Å². The lowest BCUT2D eigenvalue weighted by Crippen LogP contribution is -2.54. The molecule has 4 heterocycles. The minimum absolute atomic E-state index is 0.0151. The first-order valence-electron chi connectivity index (χ1n) is 13.4. The second-order valence-corrected chi connectivity index (χ2v) is 11.3. The maximum absolute atomic E-state index is 11.9. The number of fused-ring (bicyclic) bond motifs is 5. The maximum atomic E-state index is 11.9. The lowest BCUT2D eigenvalue weighted by Gasteiger charge is -2.55. The van der Waals surface area contributed by atoms with Crippen LogP contribution in [0.5, 0.6) is 0 Å². The summed E-state index contributed by atoms with van der Waals surface area (Å²) in [6.07, 6.45) is 14.1. The molecule has 7 heteroatoms. The molecule has 1 N–H and O–H groups in total. The van der Waals surface area contributed by atoms with Crippen LogP contribution in [0, 0.1) is 16.9 Å². The van der Waals surface area contributed by atoms with Crippen LogP contribution in [0.4, 0.5) is 0 Å². The van der Waals surface area contributed by atoms with Crippen LogP contribution in [0.3, 0.4) is 0 Å². The van der Waals surface area contributed by atoms with Crippen molar-refractivity contribution in [3.8, 4) is 6.19 Å². The summed E-state index contributed by atoms with van der Waals surface area (Å²) in [7, 11) is 0. The Morgan fingerprint density at radius 3 is 2.77 bits per heavy atom. The van der Waals surface area contributed by atoms with Gasteiger partial charge < -0.3 is 14.6 Å². The fraction of sp³-hybridized carbons (Fsp3) is 0.607. The second-order valence-electron chi connectivity index (χ2n) is 11.3. The van der Waals surface area contributed by atoms with Crippen molar-refractivity contribution in [2.75, 3.05) is 6.54 Å². The SMILES string of the molecule is CC[C@@]12CCCN(C#N)[C@@H]1c1c(CCn3cc(C4CCCC4)nn3)c3ccccc3n1[C@](C)(O)C2. The standard InChI is InChI=1S/C28H36N6O/c1-3-28-14-8-15-32(19-29)26(28)25-22(13-16-33-17-23(30-31-33)20-9-4-5-10-20)21-11-6-7-12-24(21)34(25)27(2,35)18-28/h6-7,11-12,17,20,26,35H,3-5,8-10,13-16,18H2,1-2H3/t26-,27-,28+/m1/s1. The molecule has 0 bridgehead atoms. The highest BCUT2D eigenvalue weighted by atomic mass is 16.3. The molecule has 1 saturated carbocycles. The van der Waals surface area contributed by atoms with E-state index in [4.69, 9.17) is 0 Å². The summed E-state index contributed by atoms with van der Waals surface area (Å²) in [5, 5.41) is 32.2. The zero-order valence-corrected chi connectivity index (χ0v) is 21.0. The summed E-state index contributed by atoms with van der Waals surface area (Å²) >= 11 is 0. The topological polar surface area (TPSA) is 82.9 Å². The van der Waals surface area contributed by atoms with Gasteiger partial charge in [0.25, 0.3) is 0 Å². The first-order chi connectivity index (χ1) is 17.0. The summed E-state index contributed by atoms with van der Waals surface area (Å²) in [6.45, 7) is 5.69. The number of hydrogen-bond acceptors (Lipinski definition) is 5. The molecular formula is C28H36N6O. The van der Waals surface area contributed by atoms with Crippen molar-refractivity contribution in [2.24, 2.45) is 5.41 Å². The molecule has 1 aromatic carbocycles. The van der Waals surface area contributed by atoms with E-state index in [1.165, 1.54) is 36.6 Å². The van der Waals surface area contributed by atoms with Crippen LogP contribution >= 0.6 is 0 Å². The van der Waals surface area contributed by atoms with Crippen molar-refractivity contribution in [1.82, 2.24) is 24.5 Å². The Kier molecular flexibility index (Phi) is 5.41. The van der Waals surface area contributed by atoms with Gasteiger partial charge in [-0.2, -0.15) is 5.26 Å². The minimum atomic E-state index is -0.999. The van der Waals surface area contributed by atoms with Gasteiger partial charge in [-0.1, -0.05) is 43.2 Å². The molecule has 6 rings (SSSR count). The third-order valence-electron chi connectivity index (χ3n) is 9.17. The van der Waals surface area contributed by atoms with Crippen LogP contribution in [0.15, 0.2) is 30.5 Å². The van der Waals surface area contributed by atoms with Crippen LogP contribution in [-0.2, 0) is 18.7 Å². The van der Waals surface area contributed by atoms with Gasteiger partial charge in [0.05, 0.1) is 17.3 Å². The van der Waals surface area contributed by atoms with Gasteiger partial charge in [-0.25, -0.2) is 0 Å². The normalized spacial score (nSPS) is 28.7. The molecule has 184 valence electrons. The van der Waals surface area contributed by atoms with E-state index in [1.807, 2.05) is 22.6 Å². The monoisotopic (exact) mass is 472 g/mol. The molecule has 3 aliphatic rings. The molecule has 2 fully saturated rings. The largest absolute Gasteiger partial charge is 0.371 e. The fourth-order valence-electron chi connectivity index (χ4n) is 7.62. The van der Waals surface area contributed by atoms with Crippen LogP contribution in [0.25, 0.3) is 10.9 Å². The van der Waals surface area contributed by atoms with Crippen molar-refractivity contribution >= 4 is 10.9 Å². The highest BCUT2D eigenvalue weighted by Crippen LogP contribution is 2.59. The van der Waals surface area contributed by atoms with Crippen molar-refractivity contribution in [1.29, 1.82) is 5.26 Å². The smallest absolute Gasteiger partial charge is 0.179 e. The summed E-state index contributed by atoms with van der Waals surface area (Å²) in [4.78, 5) is 1.99. The predicted octanol–water partition coefficient (Wildman–Crippen LogP) is 5.22. The Morgan fingerprint density at radius 2 is 2.00 bits per heavy atom. The van der Waals surface area contributed by atoms with E-state index in [9.17, 15) is 10.4 Å². The van der Waals surface area contributed by atoms with Crippen molar-refractivity contribution in [3.05, 3.63) is 47.4 Å². The molecular weight excluding hydrogens is 436 g/mol. The quantitative estimate of drug-likeness (QED) is 0.515. The summed E-state index contributed by atoms with van der Waals surface area (Å²) in [6, 6.07) is 8.40. The minimum Gasteiger partial charge on any atom is -0.371 e. The van der Waals surface area contributed by atoms with E-state index >= 15 is 0 Å². The van der Waals surface area contributed by atoms with Gasteiger partial charge in [-0.3, -0.25) is 4.68 Å². The lowest BCUT2D eigenvalue weighted by atomic mass is 9.63. The number of para-hydroxylation sites is 1. The molecule has 1 saturated heterocycles. The first-order valence-corrected chi connectivity index (χ1v) is 13.4. The van der Waals surface area contributed by atoms with Gasteiger partial charge >= 0.3 is 0 Å². The van der Waals surface area contributed by atoms with E-state index in [0.717, 1.165) is 55.7 Å². The van der Waals surface area contributed by atoms with E-state index in [1.54, 1.807) is 0 Å². The second kappa shape index (κ2) is 8.37. The van der Waals surface area contributed by atoms with E-state index < -0.39 is 5.72 Å². The lowest BCUT2D eigenvalue weighted by molar-refractivity contribution is -0.122. The Balaban J connectivity index is 1.45. The average molecular weight is 473 g/mol. The van der Waals surface area contributed by atoms with Crippen LogP contribution in [0.1, 0.15) is 94.1 Å². The van der Waals surface area contributed by atoms with Gasteiger partial charge in [0.15, 0.2) is 6.19 Å². The van der Waals surface area contributed by atoms with E-state index in [2.05, 4.69) is 52.4 Å². The summed E-state index contributed by atoms with van der Waals surface area (Å²) < 4.78 is 4.14. The average Bonchev–Trinajstić information content (AvgIpc) is 3.61. The molecule has 0 amide bonds. The number of benzene rings is 1. The fourth-order valence-corrected chi connectivity index (χ4v) is 7.62. The van der Waals surface area contributed by atoms with E-state index in [0.29, 0.717) is 12.3 Å². The predicted molar refractivity (Wildman–Crippen MR) is 134 cm³/mol. The molecule has 7 nitrogen and oxygen atoms in total. The van der Waals surface area contributed by atoms with Crippen molar-refractivity contribution < 1.29 is 5.11 Å². The van der Waals surface area contributed by atoms with Gasteiger partial charge in [-0.15, -0.1) is 5.10 Å². The Labute approximate surface area is 207 Å². The maximum Gasteiger partial charge on any atom is 0.179 e. The summed E-state index contributed by atoms with van der Waals surface area (Å²) in [5.74, 6) is 0.554. The number of aliphatic hydroxyl groups is 1. The Bertz CT molecular complexity index is 1280. The Hall–Kier alpha value is -2.85. The highest BCUT2D eigenvalue weighted by molar-refractivity contribution is 5.86. The third-order valence-corrected chi connectivity index (χ3v) is 9.17. The zero-order chi connectivity index (χ0) is 24.2. The molecule has 0 spiro atoms. The van der Waals surface area contributed by atoms with Gasteiger partial charge in [0.1, 0.15) is 5.72 Å². The first kappa shape index (κ1) is 22.6. The molecule has 0 unspecified atom stereocenters. The van der Waals surface area contributed by atoms with Gasteiger partial charge in [0, 0.05) is 48.1 Å². The van der Waals surface area contributed by atoms with Crippen LogP contribution in [-0.4, -0.2) is 36.1 Å². The number of hydrogen-bond donors (Lipinski definition) is 1. The molecule has 35 heavy (non-hydrogen) atoms. The number of aromatic nitrogens is 4. The molecule has 3 aromatic rings. The van der Waals surface area contributed by atoms with Crippen LogP contribution < -0.4 is 0 Å². The van der Waals surface area contributed by atoms with Crippen LogP contribution in [0.2, 0.25) is 0 Å². The molecule has 3 atom stereocenters. The van der Waals surface area contributed by atoms with Crippen molar-refractivity contribution in [2.45, 2.75) is 95.9 Å². The number of aryl methyl sites for hydroxylation is 2. The zero-order valence-electron chi connectivity index (χ0n) is 21.0. The van der Waals surface area contributed by atoms with E-state index in [-0.39, 0.29) is 11.5 Å². The number of piperidine rings is 1. The Morgan fingerprint density at radius 1 is 1.20 bits per heavy atom. The number of rotatable bonds is 5. The van der Waals surface area contributed by atoms with Gasteiger partial charge in [-0.05, 0) is 57.1 Å². The van der Waals surface area contributed by atoms with Gasteiger partial charge in [0.2, 0.25) is 0 Å². The molecule has 2 aliphatic heterocycles. The highest BCUT2D eigenvalue weighted by Gasteiger charge is 2.55.